The number of nitrogens with one attached hydrogen (secondary N) is 1. The fourth-order valence-corrected chi connectivity index (χ4v) is 8.19. The quantitative estimate of drug-likeness (QED) is 0.0321. The van der Waals surface area contributed by atoms with Crippen LogP contribution in [0.5, 0.6) is 0 Å². The molecule has 0 bridgehead atoms. The molecule has 0 aromatic heterocycles. The second-order valence-corrected chi connectivity index (χ2v) is 18.6. The first-order chi connectivity index (χ1) is 30.5. The zero-order chi connectivity index (χ0) is 45.1. The predicted octanol–water partition coefficient (Wildman–Crippen LogP) is 16.5. The maximum Gasteiger partial charge on any atom is 0.305 e. The Morgan fingerprint density at radius 1 is 0.452 bits per heavy atom. The monoisotopic (exact) mass is 872 g/mol. The number of esters is 1. The van der Waals surface area contributed by atoms with Gasteiger partial charge in [0, 0.05) is 12.8 Å². The Hall–Kier alpha value is -1.92. The van der Waals surface area contributed by atoms with Crippen molar-refractivity contribution in [3.8, 4) is 0 Å². The number of unbranched alkanes of at least 4 members (excludes halogenated alkanes) is 33. The van der Waals surface area contributed by atoms with Gasteiger partial charge in [-0.2, -0.15) is 0 Å². The van der Waals surface area contributed by atoms with Crippen molar-refractivity contribution in [2.24, 2.45) is 0 Å². The molecule has 3 N–H and O–H groups in total. The second-order valence-electron chi connectivity index (χ2n) is 18.6. The highest BCUT2D eigenvalue weighted by Crippen LogP contribution is 2.16. The van der Waals surface area contributed by atoms with Crippen LogP contribution < -0.4 is 5.32 Å². The molecule has 0 saturated carbocycles. The lowest BCUT2D eigenvalue weighted by Gasteiger charge is -2.22. The molecule has 364 valence electrons. The molecule has 0 aromatic rings. The summed E-state index contributed by atoms with van der Waals surface area (Å²) in [6, 6.07) is -0.550. The number of rotatable bonds is 50. The predicted molar refractivity (Wildman–Crippen MR) is 269 cm³/mol. The largest absolute Gasteiger partial charge is 0.466 e. The standard InChI is InChI=1S/C56H105NO5/c1-3-5-7-9-11-13-15-17-21-26-30-34-38-42-46-50-56(61)62-51-47-43-39-35-31-27-23-20-18-19-22-25-29-33-37-41-45-49-55(60)57-53(52-58)54(59)48-44-40-36-32-28-24-16-14-12-10-8-6-4-2/h11,13,17-18,20-21,53-54,58-59H,3-10,12,14-16,19,22-52H2,1-2H3,(H,57,60)/b13-11-,20-18-,21-17-. The molecule has 0 aliphatic carbocycles. The minimum Gasteiger partial charge on any atom is -0.466 e. The van der Waals surface area contributed by atoms with Crippen LogP contribution in [0, 0.1) is 0 Å². The molecular weight excluding hydrogens is 767 g/mol. The number of aliphatic hydroxyl groups excluding tert-OH is 2. The van der Waals surface area contributed by atoms with Gasteiger partial charge in [-0.15, -0.1) is 0 Å². The second kappa shape index (κ2) is 51.7. The van der Waals surface area contributed by atoms with E-state index in [1.165, 1.54) is 186 Å². The minimum absolute atomic E-state index is 0.0162. The summed E-state index contributed by atoms with van der Waals surface area (Å²) in [4.78, 5) is 24.5. The molecule has 0 fully saturated rings. The number of hydrogen-bond donors (Lipinski definition) is 3. The topological polar surface area (TPSA) is 95.9 Å². The fourth-order valence-electron chi connectivity index (χ4n) is 8.19. The van der Waals surface area contributed by atoms with E-state index in [1.807, 2.05) is 0 Å². The molecule has 0 rings (SSSR count). The van der Waals surface area contributed by atoms with E-state index in [0.717, 1.165) is 64.2 Å². The molecular formula is C56H105NO5. The van der Waals surface area contributed by atoms with Crippen LogP contribution in [0.25, 0.3) is 0 Å². The van der Waals surface area contributed by atoms with E-state index < -0.39 is 12.1 Å². The van der Waals surface area contributed by atoms with Crippen molar-refractivity contribution in [3.05, 3.63) is 36.5 Å². The molecule has 0 aliphatic heterocycles. The maximum atomic E-state index is 12.4. The van der Waals surface area contributed by atoms with Crippen LogP contribution in [-0.4, -0.2) is 47.4 Å². The summed E-state index contributed by atoms with van der Waals surface area (Å²) < 4.78 is 5.46. The van der Waals surface area contributed by atoms with Crippen LogP contribution in [-0.2, 0) is 14.3 Å². The van der Waals surface area contributed by atoms with E-state index >= 15 is 0 Å². The molecule has 0 aliphatic rings. The first-order valence-electron chi connectivity index (χ1n) is 27.2. The molecule has 2 atom stereocenters. The van der Waals surface area contributed by atoms with Gasteiger partial charge in [0.2, 0.25) is 5.91 Å². The van der Waals surface area contributed by atoms with Crippen molar-refractivity contribution in [2.45, 2.75) is 296 Å². The molecule has 6 heteroatoms. The van der Waals surface area contributed by atoms with Crippen molar-refractivity contribution in [2.75, 3.05) is 13.2 Å². The molecule has 0 spiro atoms. The maximum absolute atomic E-state index is 12.4. The van der Waals surface area contributed by atoms with Gasteiger partial charge in [0.05, 0.1) is 25.4 Å². The summed E-state index contributed by atoms with van der Waals surface area (Å²) in [5.41, 5.74) is 0. The summed E-state index contributed by atoms with van der Waals surface area (Å²) in [7, 11) is 0. The van der Waals surface area contributed by atoms with Gasteiger partial charge < -0.3 is 20.3 Å². The lowest BCUT2D eigenvalue weighted by Crippen LogP contribution is -2.45. The third kappa shape index (κ3) is 47.6. The van der Waals surface area contributed by atoms with Crippen molar-refractivity contribution in [1.29, 1.82) is 0 Å². The van der Waals surface area contributed by atoms with Crippen molar-refractivity contribution < 1.29 is 24.5 Å². The minimum atomic E-state index is -0.672. The van der Waals surface area contributed by atoms with E-state index in [9.17, 15) is 19.8 Å². The van der Waals surface area contributed by atoms with E-state index in [-0.39, 0.29) is 18.5 Å². The lowest BCUT2D eigenvalue weighted by atomic mass is 10.0. The first kappa shape index (κ1) is 60.1. The highest BCUT2D eigenvalue weighted by molar-refractivity contribution is 5.76. The SMILES string of the molecule is CCCCC/C=C\C/C=C\CCCCCCCC(=O)OCCCCCCCC/C=C\CCCCCCCCCC(=O)NC(CO)C(O)CCCCCCCCCCCCCCC. The van der Waals surface area contributed by atoms with Gasteiger partial charge in [-0.25, -0.2) is 0 Å². The fraction of sp³-hybridized carbons (Fsp3) is 0.857. The van der Waals surface area contributed by atoms with Crippen LogP contribution in [0.15, 0.2) is 36.5 Å². The summed E-state index contributed by atoms with van der Waals surface area (Å²) in [6.07, 6.45) is 62.6. The summed E-state index contributed by atoms with van der Waals surface area (Å²) in [5, 5.41) is 23.2. The third-order valence-electron chi connectivity index (χ3n) is 12.4. The number of carbonyl (C=O) groups excluding carboxylic acids is 2. The Labute approximate surface area is 385 Å². The van der Waals surface area contributed by atoms with Gasteiger partial charge in [-0.05, 0) is 83.5 Å². The number of carbonyl (C=O) groups is 2. The Bertz CT molecular complexity index is 1010. The molecule has 0 saturated heterocycles. The van der Waals surface area contributed by atoms with E-state index in [1.54, 1.807) is 0 Å². The molecule has 62 heavy (non-hydrogen) atoms. The molecule has 6 nitrogen and oxygen atoms in total. The smallest absolute Gasteiger partial charge is 0.305 e. The summed E-state index contributed by atoms with van der Waals surface area (Å²) in [6.45, 7) is 4.89. The number of allylic oxidation sites excluding steroid dienone is 6. The van der Waals surface area contributed by atoms with E-state index in [0.29, 0.717) is 25.9 Å². The van der Waals surface area contributed by atoms with Gasteiger partial charge in [-0.1, -0.05) is 224 Å². The summed E-state index contributed by atoms with van der Waals surface area (Å²) in [5.74, 6) is -0.0642. The van der Waals surface area contributed by atoms with Gasteiger partial charge in [-0.3, -0.25) is 9.59 Å². The Balaban J connectivity index is 3.47. The highest BCUT2D eigenvalue weighted by Gasteiger charge is 2.20. The Morgan fingerprint density at radius 3 is 1.27 bits per heavy atom. The molecule has 0 aromatic carbocycles. The van der Waals surface area contributed by atoms with E-state index in [4.69, 9.17) is 4.74 Å². The lowest BCUT2D eigenvalue weighted by molar-refractivity contribution is -0.143. The Morgan fingerprint density at radius 2 is 0.806 bits per heavy atom. The van der Waals surface area contributed by atoms with Gasteiger partial charge >= 0.3 is 5.97 Å². The normalized spacial score (nSPS) is 12.9. The first-order valence-corrected chi connectivity index (χ1v) is 27.2. The Kier molecular flexibility index (Phi) is 50.1. The summed E-state index contributed by atoms with van der Waals surface area (Å²) >= 11 is 0. The van der Waals surface area contributed by atoms with Gasteiger partial charge in [0.25, 0.3) is 0 Å². The zero-order valence-corrected chi connectivity index (χ0v) is 41.4. The van der Waals surface area contributed by atoms with Crippen LogP contribution in [0.4, 0.5) is 0 Å². The van der Waals surface area contributed by atoms with E-state index in [2.05, 4.69) is 55.6 Å². The van der Waals surface area contributed by atoms with Crippen LogP contribution >= 0.6 is 0 Å². The van der Waals surface area contributed by atoms with Crippen molar-refractivity contribution in [3.63, 3.8) is 0 Å². The number of ether oxygens (including phenoxy) is 1. The third-order valence-corrected chi connectivity index (χ3v) is 12.4. The number of hydrogen-bond acceptors (Lipinski definition) is 5. The van der Waals surface area contributed by atoms with Crippen LogP contribution in [0.3, 0.4) is 0 Å². The van der Waals surface area contributed by atoms with Crippen LogP contribution in [0.1, 0.15) is 284 Å². The average Bonchev–Trinajstić information content (AvgIpc) is 3.27. The molecule has 0 heterocycles. The molecule has 2 unspecified atom stereocenters. The number of amides is 1. The van der Waals surface area contributed by atoms with Crippen LogP contribution in [0.2, 0.25) is 0 Å². The average molecular weight is 872 g/mol. The van der Waals surface area contributed by atoms with Crippen molar-refractivity contribution >= 4 is 11.9 Å². The van der Waals surface area contributed by atoms with Crippen molar-refractivity contribution in [1.82, 2.24) is 5.32 Å². The molecule has 1 amide bonds. The van der Waals surface area contributed by atoms with Gasteiger partial charge in [0.15, 0.2) is 0 Å². The zero-order valence-electron chi connectivity index (χ0n) is 41.4. The highest BCUT2D eigenvalue weighted by atomic mass is 16.5. The number of aliphatic hydroxyl groups is 2. The molecule has 0 radical (unpaired) electrons. The van der Waals surface area contributed by atoms with Gasteiger partial charge in [0.1, 0.15) is 0 Å².